The summed E-state index contributed by atoms with van der Waals surface area (Å²) in [6, 6.07) is 13.7. The van der Waals surface area contributed by atoms with Crippen molar-refractivity contribution in [2.24, 2.45) is 0 Å². The van der Waals surface area contributed by atoms with Crippen molar-refractivity contribution < 1.29 is 54.3 Å². The van der Waals surface area contributed by atoms with Crippen LogP contribution in [0.4, 0.5) is 57.9 Å². The summed E-state index contributed by atoms with van der Waals surface area (Å²) in [7, 11) is 2.70. The normalized spacial score (nSPS) is 16.5. The number of hydrogen-bond donors (Lipinski definition) is 2. The van der Waals surface area contributed by atoms with Crippen LogP contribution in [-0.4, -0.2) is 64.0 Å². The highest BCUT2D eigenvalue weighted by Crippen LogP contribution is 2.48. The molecule has 0 bridgehead atoms. The fourth-order valence-electron chi connectivity index (χ4n) is 7.47. The van der Waals surface area contributed by atoms with Crippen LogP contribution in [0.3, 0.4) is 0 Å². The van der Waals surface area contributed by atoms with Gasteiger partial charge >= 0.3 is 12.4 Å². The van der Waals surface area contributed by atoms with E-state index in [1.807, 2.05) is 0 Å². The van der Waals surface area contributed by atoms with Crippen molar-refractivity contribution in [3.8, 4) is 12.1 Å². The molecular weight excluding hydrogens is 911 g/mol. The second-order valence-electron chi connectivity index (χ2n) is 15.0. The summed E-state index contributed by atoms with van der Waals surface area (Å²) in [6.45, 7) is 2.97. The molecule has 3 heterocycles. The van der Waals surface area contributed by atoms with Gasteiger partial charge in [0, 0.05) is 25.5 Å². The summed E-state index contributed by atoms with van der Waals surface area (Å²) in [5.41, 5.74) is -6.97. The number of rotatable bonds is 6. The van der Waals surface area contributed by atoms with E-state index in [1.165, 1.54) is 80.2 Å². The molecule has 0 atom stereocenters. The molecule has 2 N–H and O–H groups in total. The molecule has 2 saturated heterocycles. The van der Waals surface area contributed by atoms with E-state index in [0.29, 0.717) is 31.4 Å². The Bertz CT molecular complexity index is 2800. The van der Waals surface area contributed by atoms with E-state index in [9.17, 15) is 54.3 Å². The first-order valence-electron chi connectivity index (χ1n) is 18.9. The number of thiocarbonyl (C=S) groups is 2. The van der Waals surface area contributed by atoms with Crippen molar-refractivity contribution in [1.29, 1.82) is 10.5 Å². The van der Waals surface area contributed by atoms with E-state index < -0.39 is 81.1 Å². The van der Waals surface area contributed by atoms with Gasteiger partial charge in [0.1, 0.15) is 28.8 Å². The lowest BCUT2D eigenvalue weighted by atomic mass is 9.75. The first-order chi connectivity index (χ1) is 30.4. The molecule has 3 aromatic carbocycles. The molecule has 1 spiro atoms. The predicted molar refractivity (Wildman–Crippen MR) is 225 cm³/mol. The number of carbonyl (C=O) groups excluding carboxylic acids is 4. The smallest absolute Gasteiger partial charge is 0.355 e. The quantitative estimate of drug-likeness (QED) is 0.145. The van der Waals surface area contributed by atoms with Crippen molar-refractivity contribution in [2.75, 3.05) is 33.7 Å². The van der Waals surface area contributed by atoms with Gasteiger partial charge in [-0.25, -0.2) is 13.8 Å². The average molecular weight is 942 g/mol. The molecule has 1 aliphatic carbocycles. The molecule has 2 aliphatic heterocycles. The van der Waals surface area contributed by atoms with E-state index >= 15 is 0 Å². The van der Waals surface area contributed by atoms with Crippen LogP contribution >= 0.6 is 24.4 Å². The third-order valence-electron chi connectivity index (χ3n) is 10.9. The van der Waals surface area contributed by atoms with E-state index in [4.69, 9.17) is 35.0 Å². The Morgan fingerprint density at radius 2 is 1.17 bits per heavy atom. The van der Waals surface area contributed by atoms with E-state index in [-0.39, 0.29) is 44.1 Å². The molecule has 65 heavy (non-hydrogen) atoms. The van der Waals surface area contributed by atoms with Gasteiger partial charge in [-0.2, -0.15) is 36.9 Å². The Morgan fingerprint density at radius 3 is 1.62 bits per heavy atom. The molecule has 4 amide bonds. The van der Waals surface area contributed by atoms with Gasteiger partial charge in [-0.1, -0.05) is 0 Å². The van der Waals surface area contributed by atoms with Crippen molar-refractivity contribution in [2.45, 2.75) is 56.5 Å². The van der Waals surface area contributed by atoms with Gasteiger partial charge in [-0.3, -0.25) is 29.0 Å². The fraction of sp³-hybridized carbons (Fsp3) is 0.262. The lowest BCUT2D eigenvalue weighted by molar-refractivity contribution is -0.138. The van der Waals surface area contributed by atoms with Crippen molar-refractivity contribution in [3.63, 3.8) is 0 Å². The van der Waals surface area contributed by atoms with Crippen LogP contribution in [0.5, 0.6) is 0 Å². The molecule has 3 aliphatic rings. The number of pyridine rings is 1. The molecule has 336 valence electrons. The predicted octanol–water partition coefficient (Wildman–Crippen LogP) is 7.52. The first-order valence-corrected chi connectivity index (χ1v) is 19.7. The molecule has 4 aromatic rings. The number of carbonyl (C=O) groups is 4. The number of aromatic nitrogens is 1. The van der Waals surface area contributed by atoms with Crippen LogP contribution in [-0.2, 0) is 21.9 Å². The second-order valence-corrected chi connectivity index (χ2v) is 15.7. The third kappa shape index (κ3) is 8.16. The largest absolute Gasteiger partial charge is 0.419 e. The molecule has 0 radical (unpaired) electrons. The summed E-state index contributed by atoms with van der Waals surface area (Å²) in [4.78, 5) is 58.2. The Balaban J connectivity index is 0.000000216. The number of anilines is 4. The van der Waals surface area contributed by atoms with E-state index in [0.717, 1.165) is 34.2 Å². The summed E-state index contributed by atoms with van der Waals surface area (Å²) < 4.78 is 110. The molecule has 7 rings (SSSR count). The maximum Gasteiger partial charge on any atom is 0.419 e. The Hall–Kier alpha value is -7.11. The van der Waals surface area contributed by atoms with Crippen molar-refractivity contribution in [3.05, 3.63) is 112 Å². The fourth-order valence-corrected chi connectivity index (χ4v) is 8.46. The summed E-state index contributed by atoms with van der Waals surface area (Å²) in [6.07, 6.45) is -7.33. The van der Waals surface area contributed by atoms with E-state index in [2.05, 4.69) is 15.6 Å². The standard InChI is InChI=1S/C21H15F4N5O2S.C21H16F4N4O2S/c1-27-17(31)13-4-3-11(8-15(13)22)30-19(33)29(18(32)20(30)5-2-6-20)12-7-14(21(23,24)25)16(9-26)28-10-12;1-20(2)18(31)28(12-5-4-11(10-26)15(8-12)21(23,24)25)19(32)29(20)13-6-7-14(16(22)9-13)17(30)27-3/h3-4,7-8,10H,2,5-6H2,1H3,(H,27,31);4-9H,1-3H3,(H,27,30). The van der Waals surface area contributed by atoms with Crippen LogP contribution in [0.1, 0.15) is 76.2 Å². The van der Waals surface area contributed by atoms with Crippen LogP contribution in [0.15, 0.2) is 66.9 Å². The molecule has 1 aromatic heterocycles. The van der Waals surface area contributed by atoms with Crippen LogP contribution < -0.4 is 30.2 Å². The lowest BCUT2D eigenvalue weighted by Gasteiger charge is -2.43. The summed E-state index contributed by atoms with van der Waals surface area (Å²) >= 11 is 10.8. The van der Waals surface area contributed by atoms with Gasteiger partial charge in [0.25, 0.3) is 23.6 Å². The number of halogens is 8. The number of amides is 4. The van der Waals surface area contributed by atoms with E-state index in [1.54, 1.807) is 0 Å². The molecule has 3 fully saturated rings. The Morgan fingerprint density at radius 1 is 0.692 bits per heavy atom. The Labute approximate surface area is 374 Å². The zero-order chi connectivity index (χ0) is 48.1. The topological polar surface area (TPSA) is 166 Å². The minimum Gasteiger partial charge on any atom is -0.355 e. The number of benzene rings is 3. The van der Waals surface area contributed by atoms with Crippen molar-refractivity contribution in [1.82, 2.24) is 15.6 Å². The number of nitrogens with zero attached hydrogens (tertiary/aromatic N) is 7. The number of nitriles is 2. The highest BCUT2D eigenvalue weighted by molar-refractivity contribution is 7.81. The molecule has 0 unspecified atom stereocenters. The third-order valence-corrected chi connectivity index (χ3v) is 11.6. The maximum atomic E-state index is 14.6. The minimum atomic E-state index is -4.87. The maximum absolute atomic E-state index is 14.6. The summed E-state index contributed by atoms with van der Waals surface area (Å²) in [5, 5.41) is 22.3. The molecule has 13 nitrogen and oxygen atoms in total. The molecule has 23 heteroatoms. The molecule has 1 saturated carbocycles. The number of nitrogens with one attached hydrogen (secondary N) is 2. The van der Waals surface area contributed by atoms with Crippen molar-refractivity contribution >= 4 is 81.0 Å². The SMILES string of the molecule is CNC(=O)c1ccc(N2C(=S)N(c3ccc(C#N)c(C(F)(F)F)c3)C(=O)C2(C)C)cc1F.CNC(=O)c1ccc(N2C(=S)N(c3cnc(C#N)c(C(F)(F)F)c3)C(=O)C23CCC3)cc1F. The zero-order valence-electron chi connectivity index (χ0n) is 34.1. The van der Waals surface area contributed by atoms with Crippen LogP contribution in [0.25, 0.3) is 0 Å². The van der Waals surface area contributed by atoms with Gasteiger partial charge in [-0.15, -0.1) is 0 Å². The van der Waals surface area contributed by atoms with Crippen LogP contribution in [0.2, 0.25) is 0 Å². The van der Waals surface area contributed by atoms with Gasteiger partial charge in [0.05, 0.1) is 51.5 Å². The summed E-state index contributed by atoms with van der Waals surface area (Å²) in [5.74, 6) is -4.18. The lowest BCUT2D eigenvalue weighted by Crippen LogP contribution is -2.55. The Kier molecular flexibility index (Phi) is 12.5. The second kappa shape index (κ2) is 17.1. The average Bonchev–Trinajstić information content (AvgIpc) is 3.58. The molecular formula is C42H31F8N9O4S2. The highest BCUT2D eigenvalue weighted by atomic mass is 32.1. The minimum absolute atomic E-state index is 0.144. The zero-order valence-corrected chi connectivity index (χ0v) is 35.7. The van der Waals surface area contributed by atoms with Gasteiger partial charge < -0.3 is 20.4 Å². The number of hydrogen-bond acceptors (Lipinski definition) is 9. The van der Waals surface area contributed by atoms with Gasteiger partial charge in [-0.05, 0) is 118 Å². The highest BCUT2D eigenvalue weighted by Gasteiger charge is 2.60. The first kappa shape index (κ1) is 47.4. The van der Waals surface area contributed by atoms with Crippen LogP contribution in [0, 0.1) is 34.3 Å². The number of alkyl halides is 6. The van der Waals surface area contributed by atoms with Gasteiger partial charge in [0.15, 0.2) is 15.9 Å². The van der Waals surface area contributed by atoms with Gasteiger partial charge in [0.2, 0.25) is 0 Å². The monoisotopic (exact) mass is 941 g/mol.